The van der Waals surface area contributed by atoms with Crippen LogP contribution in [0.25, 0.3) is 0 Å². The van der Waals surface area contributed by atoms with Crippen LogP contribution in [0, 0.1) is 0 Å². The zero-order valence-corrected chi connectivity index (χ0v) is 15.1. The fourth-order valence-electron chi connectivity index (χ4n) is 2.66. The Morgan fingerprint density at radius 2 is 2.04 bits per heavy atom. The number of rotatable bonds is 6. The average Bonchev–Trinajstić information content (AvgIpc) is 2.88. The van der Waals surface area contributed by atoms with E-state index in [0.29, 0.717) is 18.2 Å². The van der Waals surface area contributed by atoms with Crippen molar-refractivity contribution in [1.82, 2.24) is 9.97 Å². The molecule has 1 aromatic carbocycles. The zero-order valence-electron chi connectivity index (χ0n) is 14.3. The highest BCUT2D eigenvalue weighted by atomic mass is 32.2. The average molecular weight is 362 g/mol. The van der Waals surface area contributed by atoms with Gasteiger partial charge in [-0.15, -0.1) is 0 Å². The molecule has 0 aliphatic carbocycles. The normalized spacial score (nSPS) is 18.9. The molecule has 134 valence electrons. The highest BCUT2D eigenvalue weighted by Gasteiger charge is 2.27. The van der Waals surface area contributed by atoms with E-state index >= 15 is 0 Å². The predicted molar refractivity (Wildman–Crippen MR) is 98.2 cm³/mol. The topological polar surface area (TPSA) is 93.2 Å². The first kappa shape index (κ1) is 17.5. The van der Waals surface area contributed by atoms with Crippen LogP contribution in [0.2, 0.25) is 0 Å². The van der Waals surface area contributed by atoms with E-state index in [4.69, 9.17) is 4.74 Å². The van der Waals surface area contributed by atoms with Crippen LogP contribution in [0.15, 0.2) is 36.5 Å². The third kappa shape index (κ3) is 4.82. The molecule has 0 amide bonds. The molecule has 0 bridgehead atoms. The lowest BCUT2D eigenvalue weighted by atomic mass is 10.2. The molecule has 25 heavy (non-hydrogen) atoms. The lowest BCUT2D eigenvalue weighted by Crippen LogP contribution is -2.21. The molecule has 1 aliphatic rings. The Morgan fingerprint density at radius 1 is 1.24 bits per heavy atom. The lowest BCUT2D eigenvalue weighted by molar-refractivity contribution is 0.244. The van der Waals surface area contributed by atoms with Gasteiger partial charge in [-0.25, -0.2) is 13.4 Å². The van der Waals surface area contributed by atoms with E-state index in [1.54, 1.807) is 12.3 Å². The summed E-state index contributed by atoms with van der Waals surface area (Å²) in [6.45, 7) is 3.93. The second-order valence-corrected chi connectivity index (χ2v) is 8.53. The summed E-state index contributed by atoms with van der Waals surface area (Å²) in [5.41, 5.74) is 0.775. The minimum absolute atomic E-state index is 0.0567. The Labute approximate surface area is 147 Å². The smallest absolute Gasteiger partial charge is 0.229 e. The van der Waals surface area contributed by atoms with Crippen molar-refractivity contribution >= 4 is 27.3 Å². The summed E-state index contributed by atoms with van der Waals surface area (Å²) in [7, 11) is -2.93. The maximum Gasteiger partial charge on any atom is 0.229 e. The van der Waals surface area contributed by atoms with Gasteiger partial charge in [0.2, 0.25) is 5.95 Å². The second kappa shape index (κ2) is 7.26. The van der Waals surface area contributed by atoms with Crippen LogP contribution in [0.4, 0.5) is 17.5 Å². The van der Waals surface area contributed by atoms with Gasteiger partial charge in [-0.05, 0) is 38.5 Å². The van der Waals surface area contributed by atoms with Gasteiger partial charge in [0.25, 0.3) is 0 Å². The molecule has 1 aliphatic heterocycles. The van der Waals surface area contributed by atoms with E-state index in [0.717, 1.165) is 11.4 Å². The first-order chi connectivity index (χ1) is 11.9. The SMILES string of the molecule is CC(C)Oc1ccccc1Nc1nccc(NC2CCS(=O)(=O)C2)n1. The van der Waals surface area contributed by atoms with Gasteiger partial charge in [0.15, 0.2) is 9.84 Å². The molecule has 1 fully saturated rings. The molecule has 7 nitrogen and oxygen atoms in total. The first-order valence-electron chi connectivity index (χ1n) is 8.24. The van der Waals surface area contributed by atoms with E-state index < -0.39 is 9.84 Å². The molecule has 0 spiro atoms. The van der Waals surface area contributed by atoms with Crippen molar-refractivity contribution in [2.45, 2.75) is 32.4 Å². The number of nitrogens with one attached hydrogen (secondary N) is 2. The quantitative estimate of drug-likeness (QED) is 0.816. The molecule has 8 heteroatoms. The Kier molecular flexibility index (Phi) is 5.08. The molecule has 0 saturated carbocycles. The third-order valence-electron chi connectivity index (χ3n) is 3.74. The fourth-order valence-corrected chi connectivity index (χ4v) is 4.34. The molecule has 2 heterocycles. The standard InChI is InChI=1S/C17H22N4O3S/c1-12(2)24-15-6-4-3-5-14(15)20-17-18-9-7-16(21-17)19-13-8-10-25(22,23)11-13/h3-7,9,12-13H,8,10-11H2,1-2H3,(H2,18,19,20,21). The van der Waals surface area contributed by atoms with Crippen molar-refractivity contribution in [1.29, 1.82) is 0 Å². The van der Waals surface area contributed by atoms with Crippen LogP contribution in [-0.2, 0) is 9.84 Å². The van der Waals surface area contributed by atoms with E-state index in [9.17, 15) is 8.42 Å². The monoisotopic (exact) mass is 362 g/mol. The van der Waals surface area contributed by atoms with Crippen molar-refractivity contribution in [3.8, 4) is 5.75 Å². The molecule has 3 rings (SSSR count). The van der Waals surface area contributed by atoms with Gasteiger partial charge in [0, 0.05) is 12.2 Å². The summed E-state index contributed by atoms with van der Waals surface area (Å²) in [5.74, 6) is 2.11. The summed E-state index contributed by atoms with van der Waals surface area (Å²) in [4.78, 5) is 8.64. The van der Waals surface area contributed by atoms with Crippen molar-refractivity contribution < 1.29 is 13.2 Å². The third-order valence-corrected chi connectivity index (χ3v) is 5.50. The Bertz CT molecular complexity index is 839. The van der Waals surface area contributed by atoms with E-state index in [1.165, 1.54) is 0 Å². The van der Waals surface area contributed by atoms with Gasteiger partial charge in [-0.2, -0.15) is 4.98 Å². The molecule has 2 N–H and O–H groups in total. The Morgan fingerprint density at radius 3 is 2.76 bits per heavy atom. The van der Waals surface area contributed by atoms with Crippen molar-refractivity contribution in [2.75, 3.05) is 22.1 Å². The number of hydrogen-bond donors (Lipinski definition) is 2. The van der Waals surface area contributed by atoms with Gasteiger partial charge < -0.3 is 15.4 Å². The van der Waals surface area contributed by atoms with E-state index in [1.807, 2.05) is 38.1 Å². The van der Waals surface area contributed by atoms with E-state index in [-0.39, 0.29) is 23.7 Å². The Balaban J connectivity index is 1.72. The summed E-state index contributed by atoms with van der Waals surface area (Å²) in [6, 6.07) is 9.21. The minimum Gasteiger partial charge on any atom is -0.489 e. The molecular formula is C17H22N4O3S. The molecular weight excluding hydrogens is 340 g/mol. The van der Waals surface area contributed by atoms with Gasteiger partial charge >= 0.3 is 0 Å². The van der Waals surface area contributed by atoms with Crippen molar-refractivity contribution in [2.24, 2.45) is 0 Å². The Hall–Kier alpha value is -2.35. The number of para-hydroxylation sites is 2. The molecule has 0 radical (unpaired) electrons. The highest BCUT2D eigenvalue weighted by Crippen LogP contribution is 2.27. The maximum atomic E-state index is 11.6. The van der Waals surface area contributed by atoms with Gasteiger partial charge in [-0.1, -0.05) is 12.1 Å². The predicted octanol–water partition coefficient (Wildman–Crippen LogP) is 2.61. The van der Waals surface area contributed by atoms with E-state index in [2.05, 4.69) is 20.6 Å². The van der Waals surface area contributed by atoms with Crippen LogP contribution >= 0.6 is 0 Å². The first-order valence-corrected chi connectivity index (χ1v) is 10.1. The number of sulfone groups is 1. The second-order valence-electron chi connectivity index (χ2n) is 6.30. The lowest BCUT2D eigenvalue weighted by Gasteiger charge is -2.15. The van der Waals surface area contributed by atoms with Crippen molar-refractivity contribution in [3.63, 3.8) is 0 Å². The maximum absolute atomic E-state index is 11.6. The number of hydrogen-bond acceptors (Lipinski definition) is 7. The van der Waals surface area contributed by atoms with Gasteiger partial charge in [-0.3, -0.25) is 0 Å². The van der Waals surface area contributed by atoms with Crippen molar-refractivity contribution in [3.05, 3.63) is 36.5 Å². The fraction of sp³-hybridized carbons (Fsp3) is 0.412. The molecule has 2 aromatic rings. The van der Waals surface area contributed by atoms with Crippen LogP contribution in [-0.4, -0.2) is 42.0 Å². The summed E-state index contributed by atoms with van der Waals surface area (Å²) in [6.07, 6.45) is 2.29. The number of aromatic nitrogens is 2. The van der Waals surface area contributed by atoms with Gasteiger partial charge in [0.05, 0.1) is 23.3 Å². The number of ether oxygens (including phenoxy) is 1. The number of benzene rings is 1. The largest absolute Gasteiger partial charge is 0.489 e. The van der Waals surface area contributed by atoms with Crippen LogP contribution in [0.3, 0.4) is 0 Å². The number of anilines is 3. The molecule has 1 aromatic heterocycles. The van der Waals surface area contributed by atoms with Crippen LogP contribution < -0.4 is 15.4 Å². The highest BCUT2D eigenvalue weighted by molar-refractivity contribution is 7.91. The summed E-state index contributed by atoms with van der Waals surface area (Å²) in [5, 5.41) is 6.32. The molecule has 1 atom stereocenters. The minimum atomic E-state index is -2.93. The summed E-state index contributed by atoms with van der Waals surface area (Å²) >= 11 is 0. The van der Waals surface area contributed by atoms with Crippen LogP contribution in [0.1, 0.15) is 20.3 Å². The molecule has 1 unspecified atom stereocenters. The number of nitrogens with zero attached hydrogens (tertiary/aromatic N) is 2. The van der Waals surface area contributed by atoms with Crippen LogP contribution in [0.5, 0.6) is 5.75 Å². The molecule has 1 saturated heterocycles. The zero-order chi connectivity index (χ0) is 17.9. The van der Waals surface area contributed by atoms with Gasteiger partial charge in [0.1, 0.15) is 11.6 Å². The summed E-state index contributed by atoms with van der Waals surface area (Å²) < 4.78 is 28.9.